The highest BCUT2D eigenvalue weighted by Gasteiger charge is 2.32. The van der Waals surface area contributed by atoms with Crippen molar-refractivity contribution in [2.24, 2.45) is 5.92 Å². The normalized spacial score (nSPS) is 18.7. The second kappa shape index (κ2) is 5.03. The van der Waals surface area contributed by atoms with Gasteiger partial charge < -0.3 is 14.6 Å². The number of pyridine rings is 1. The molecule has 96 valence electrons. The Bertz CT molecular complexity index is 503. The van der Waals surface area contributed by atoms with Crippen LogP contribution >= 0.6 is 0 Å². The number of esters is 1. The lowest BCUT2D eigenvalue weighted by molar-refractivity contribution is -0.144. The van der Waals surface area contributed by atoms with Gasteiger partial charge in [0, 0.05) is 25.4 Å². The van der Waals surface area contributed by atoms with Gasteiger partial charge in [0.2, 0.25) is 5.56 Å². The average molecular weight is 250 g/mol. The van der Waals surface area contributed by atoms with Gasteiger partial charge in [-0.1, -0.05) is 0 Å². The van der Waals surface area contributed by atoms with Crippen LogP contribution in [0.4, 0.5) is 0 Å². The van der Waals surface area contributed by atoms with Crippen LogP contribution < -0.4 is 5.56 Å². The quantitative estimate of drug-likeness (QED) is 0.750. The molecule has 0 radical (unpaired) electrons. The Labute approximate surface area is 104 Å². The predicted molar refractivity (Wildman–Crippen MR) is 63.1 cm³/mol. The molecular formula is C12H14N2O4. The molecule has 0 bridgehead atoms. The van der Waals surface area contributed by atoms with Crippen LogP contribution in [0.25, 0.3) is 0 Å². The number of nitrogens with zero attached hydrogens (tertiary/aromatic N) is 1. The van der Waals surface area contributed by atoms with Crippen molar-refractivity contribution in [3.8, 4) is 0 Å². The fourth-order valence-electron chi connectivity index (χ4n) is 2.03. The fourth-order valence-corrected chi connectivity index (χ4v) is 2.03. The molecule has 1 aliphatic heterocycles. The van der Waals surface area contributed by atoms with Crippen molar-refractivity contribution in [1.82, 2.24) is 9.88 Å². The van der Waals surface area contributed by atoms with Gasteiger partial charge >= 0.3 is 5.97 Å². The van der Waals surface area contributed by atoms with Gasteiger partial charge in [0.15, 0.2) is 0 Å². The van der Waals surface area contributed by atoms with Crippen LogP contribution in [0.15, 0.2) is 23.1 Å². The molecule has 0 saturated carbocycles. The van der Waals surface area contributed by atoms with E-state index in [0.717, 1.165) is 0 Å². The Morgan fingerprint density at radius 2 is 2.22 bits per heavy atom. The number of methoxy groups -OCH3 is 1. The van der Waals surface area contributed by atoms with Crippen molar-refractivity contribution in [3.63, 3.8) is 0 Å². The van der Waals surface area contributed by atoms with E-state index in [1.165, 1.54) is 25.4 Å². The first kappa shape index (κ1) is 12.3. The van der Waals surface area contributed by atoms with E-state index in [2.05, 4.69) is 9.72 Å². The number of aromatic nitrogens is 1. The number of rotatable bonds is 2. The van der Waals surface area contributed by atoms with E-state index in [9.17, 15) is 14.4 Å². The first-order valence-electron chi connectivity index (χ1n) is 5.67. The maximum atomic E-state index is 12.1. The second-order valence-corrected chi connectivity index (χ2v) is 4.20. The third-order valence-corrected chi connectivity index (χ3v) is 3.04. The van der Waals surface area contributed by atoms with Gasteiger partial charge in [-0.2, -0.15) is 0 Å². The monoisotopic (exact) mass is 250 g/mol. The summed E-state index contributed by atoms with van der Waals surface area (Å²) < 4.78 is 4.66. The molecule has 1 atom stereocenters. The smallest absolute Gasteiger partial charge is 0.310 e. The number of carbonyl (C=O) groups excluding carboxylic acids is 2. The first-order valence-corrected chi connectivity index (χ1v) is 5.67. The molecule has 1 N–H and O–H groups in total. The maximum Gasteiger partial charge on any atom is 0.310 e. The highest BCUT2D eigenvalue weighted by atomic mass is 16.5. The average Bonchev–Trinajstić information content (AvgIpc) is 2.87. The number of ether oxygens (including phenoxy) is 1. The zero-order valence-electron chi connectivity index (χ0n) is 10.0. The van der Waals surface area contributed by atoms with Gasteiger partial charge in [0.05, 0.1) is 18.6 Å². The summed E-state index contributed by atoms with van der Waals surface area (Å²) >= 11 is 0. The minimum absolute atomic E-state index is 0.183. The molecule has 6 nitrogen and oxygen atoms in total. The Morgan fingerprint density at radius 3 is 2.83 bits per heavy atom. The summed E-state index contributed by atoms with van der Waals surface area (Å²) in [5.41, 5.74) is 0.167. The molecule has 0 spiro atoms. The Kier molecular flexibility index (Phi) is 3.45. The minimum Gasteiger partial charge on any atom is -0.469 e. The number of hydrogen-bond donors (Lipinski definition) is 1. The van der Waals surface area contributed by atoms with Crippen molar-refractivity contribution in [3.05, 3.63) is 34.2 Å². The van der Waals surface area contributed by atoms with E-state index in [4.69, 9.17) is 0 Å². The number of carbonyl (C=O) groups is 2. The highest BCUT2D eigenvalue weighted by molar-refractivity contribution is 5.94. The molecule has 18 heavy (non-hydrogen) atoms. The summed E-state index contributed by atoms with van der Waals surface area (Å²) in [6, 6.07) is 2.79. The molecule has 0 aliphatic carbocycles. The molecule has 1 amide bonds. The van der Waals surface area contributed by atoms with Crippen molar-refractivity contribution in [2.75, 3.05) is 20.2 Å². The van der Waals surface area contributed by atoms with E-state index in [0.29, 0.717) is 25.1 Å². The van der Waals surface area contributed by atoms with Crippen molar-refractivity contribution < 1.29 is 14.3 Å². The third kappa shape index (κ3) is 2.42. The summed E-state index contributed by atoms with van der Waals surface area (Å²) in [7, 11) is 1.34. The van der Waals surface area contributed by atoms with Gasteiger partial charge in [-0.05, 0) is 12.5 Å². The van der Waals surface area contributed by atoms with E-state index < -0.39 is 0 Å². The summed E-state index contributed by atoms with van der Waals surface area (Å²) in [5.74, 6) is -0.717. The lowest BCUT2D eigenvalue weighted by Crippen LogP contribution is -2.30. The summed E-state index contributed by atoms with van der Waals surface area (Å²) in [6.07, 6.45) is 2.00. The van der Waals surface area contributed by atoms with Crippen LogP contribution in [0.3, 0.4) is 0 Å². The Morgan fingerprint density at radius 1 is 1.44 bits per heavy atom. The standard InChI is InChI=1S/C12H14N2O4/c1-18-12(17)9-4-5-14(7-9)11(16)8-2-3-10(15)13-6-8/h2-3,6,9H,4-5,7H2,1H3,(H,13,15). The molecule has 1 fully saturated rings. The largest absolute Gasteiger partial charge is 0.469 e. The SMILES string of the molecule is COC(=O)C1CCN(C(=O)c2ccc(=O)[nH]c2)C1. The number of likely N-dealkylation sites (tertiary alicyclic amines) is 1. The summed E-state index contributed by atoms with van der Waals surface area (Å²) in [6.45, 7) is 0.891. The van der Waals surface area contributed by atoms with Crippen molar-refractivity contribution >= 4 is 11.9 Å². The van der Waals surface area contributed by atoms with Gasteiger partial charge in [0.25, 0.3) is 5.91 Å². The fraction of sp³-hybridized carbons (Fsp3) is 0.417. The lowest BCUT2D eigenvalue weighted by atomic mass is 10.1. The summed E-state index contributed by atoms with van der Waals surface area (Å²) in [4.78, 5) is 38.4. The molecule has 1 unspecified atom stereocenters. The topological polar surface area (TPSA) is 79.5 Å². The van der Waals surface area contributed by atoms with Crippen LogP contribution in [0, 0.1) is 5.92 Å². The Balaban J connectivity index is 2.05. The van der Waals surface area contributed by atoms with E-state index >= 15 is 0 Å². The van der Waals surface area contributed by atoms with Crippen LogP contribution in [-0.2, 0) is 9.53 Å². The predicted octanol–water partition coefficient (Wildman–Crippen LogP) is 0.01000. The molecular weight excluding hydrogens is 236 g/mol. The van der Waals surface area contributed by atoms with E-state index in [1.54, 1.807) is 4.90 Å². The second-order valence-electron chi connectivity index (χ2n) is 4.20. The zero-order chi connectivity index (χ0) is 13.1. The van der Waals surface area contributed by atoms with Gasteiger partial charge in [-0.3, -0.25) is 14.4 Å². The minimum atomic E-state index is -0.285. The third-order valence-electron chi connectivity index (χ3n) is 3.04. The number of H-pyrrole nitrogens is 1. The number of aromatic amines is 1. The van der Waals surface area contributed by atoms with E-state index in [1.807, 2.05) is 0 Å². The first-order chi connectivity index (χ1) is 8.61. The number of amides is 1. The van der Waals surface area contributed by atoms with Gasteiger partial charge in [-0.25, -0.2) is 0 Å². The number of nitrogens with one attached hydrogen (secondary N) is 1. The van der Waals surface area contributed by atoms with Gasteiger partial charge in [0.1, 0.15) is 0 Å². The van der Waals surface area contributed by atoms with Crippen LogP contribution in [0.1, 0.15) is 16.8 Å². The van der Waals surface area contributed by atoms with Gasteiger partial charge in [-0.15, -0.1) is 0 Å². The summed E-state index contributed by atoms with van der Waals surface area (Å²) in [5, 5.41) is 0. The molecule has 2 rings (SSSR count). The molecule has 1 saturated heterocycles. The molecule has 1 aromatic heterocycles. The van der Waals surface area contributed by atoms with Crippen LogP contribution in [0.5, 0.6) is 0 Å². The Hall–Kier alpha value is -2.11. The van der Waals surface area contributed by atoms with E-state index in [-0.39, 0.29) is 23.4 Å². The highest BCUT2D eigenvalue weighted by Crippen LogP contribution is 2.19. The molecule has 2 heterocycles. The van der Waals surface area contributed by atoms with Crippen molar-refractivity contribution in [1.29, 1.82) is 0 Å². The lowest BCUT2D eigenvalue weighted by Gasteiger charge is -2.15. The molecule has 6 heteroatoms. The molecule has 1 aliphatic rings. The maximum absolute atomic E-state index is 12.1. The zero-order valence-corrected chi connectivity index (χ0v) is 10.0. The van der Waals surface area contributed by atoms with Crippen LogP contribution in [-0.4, -0.2) is 42.0 Å². The number of hydrogen-bond acceptors (Lipinski definition) is 4. The van der Waals surface area contributed by atoms with Crippen molar-refractivity contribution in [2.45, 2.75) is 6.42 Å². The molecule has 1 aromatic rings. The molecule has 0 aromatic carbocycles. The van der Waals surface area contributed by atoms with Crippen LogP contribution in [0.2, 0.25) is 0 Å².